The summed E-state index contributed by atoms with van der Waals surface area (Å²) in [7, 11) is 16.7. The molecule has 50 heavy (non-hydrogen) atoms. The van der Waals surface area contributed by atoms with E-state index in [4.69, 9.17) is 0 Å². The molecule has 6 rings (SSSR count). The predicted octanol–water partition coefficient (Wildman–Crippen LogP) is 9.21. The number of nitrogens with zero attached hydrogens (tertiary/aromatic N) is 4. The average molecular weight is 657 g/mol. The van der Waals surface area contributed by atoms with Crippen molar-refractivity contribution in [3.8, 4) is 11.1 Å². The summed E-state index contributed by atoms with van der Waals surface area (Å²) in [5.41, 5.74) is 15.4. The first kappa shape index (κ1) is 34.3. The van der Waals surface area contributed by atoms with Gasteiger partial charge in [-0.1, -0.05) is 84.9 Å². The highest BCUT2D eigenvalue weighted by Crippen LogP contribution is 2.42. The average Bonchev–Trinajstić information content (AvgIpc) is 3.13. The maximum absolute atomic E-state index is 2.28. The van der Waals surface area contributed by atoms with E-state index in [0.29, 0.717) is 0 Å². The van der Waals surface area contributed by atoms with Crippen LogP contribution in [0.1, 0.15) is 27.8 Å². The SMILES string of the molecule is CN(C)c1ccc([C](c2ccc(N(C)C)cc2)c2ccccc2-c2ccccc2C(=C2C=CC(=[N+](C)C)C=C2)c2ccc(N(C)C)cc2)cc1. The minimum atomic E-state index is 1.18. The molecule has 5 aromatic carbocycles. The molecule has 0 amide bonds. The highest BCUT2D eigenvalue weighted by molar-refractivity contribution is 6.04. The minimum absolute atomic E-state index is 1.18. The van der Waals surface area contributed by atoms with Crippen molar-refractivity contribution >= 4 is 28.3 Å². The summed E-state index contributed by atoms with van der Waals surface area (Å²) < 4.78 is 2.15. The molecule has 1 radical (unpaired) electrons. The summed E-state index contributed by atoms with van der Waals surface area (Å²) in [5, 5.41) is 0. The quantitative estimate of drug-likeness (QED) is 0.116. The molecule has 4 nitrogen and oxygen atoms in total. The van der Waals surface area contributed by atoms with Crippen molar-refractivity contribution in [2.75, 3.05) is 71.1 Å². The lowest BCUT2D eigenvalue weighted by molar-refractivity contribution is -0.462. The monoisotopic (exact) mass is 656 g/mol. The molecule has 0 spiro atoms. The third-order valence-electron chi connectivity index (χ3n) is 9.37. The molecule has 1 aliphatic rings. The fourth-order valence-corrected chi connectivity index (χ4v) is 6.53. The summed E-state index contributed by atoms with van der Waals surface area (Å²) in [6.45, 7) is 0. The standard InChI is InChI=1S/C46H48N4/c1-47(2)37-25-17-33(18-26-37)45(34-19-27-38(28-20-34)48(3)4)43-15-11-9-13-41(43)42-14-10-12-16-44(42)46(35-21-29-39(30-22-35)49(5)6)36-23-31-40(32-24-36)50(7)8/h9-32H,1-8H3/q+1. The van der Waals surface area contributed by atoms with Crippen LogP contribution < -0.4 is 14.7 Å². The third-order valence-corrected chi connectivity index (χ3v) is 9.37. The first-order valence-corrected chi connectivity index (χ1v) is 17.2. The van der Waals surface area contributed by atoms with E-state index in [1.54, 1.807) is 0 Å². The van der Waals surface area contributed by atoms with Gasteiger partial charge in [0.2, 0.25) is 0 Å². The van der Waals surface area contributed by atoms with Gasteiger partial charge < -0.3 is 14.7 Å². The lowest BCUT2D eigenvalue weighted by atomic mass is 9.79. The second-order valence-electron chi connectivity index (χ2n) is 13.6. The van der Waals surface area contributed by atoms with Crippen LogP contribution in [0.3, 0.4) is 0 Å². The van der Waals surface area contributed by atoms with Gasteiger partial charge in [-0.3, -0.25) is 0 Å². The Morgan fingerprint density at radius 2 is 0.800 bits per heavy atom. The molecule has 1 aliphatic carbocycles. The fourth-order valence-electron chi connectivity index (χ4n) is 6.53. The van der Waals surface area contributed by atoms with Gasteiger partial charge in [0.15, 0.2) is 5.71 Å². The number of allylic oxidation sites excluding steroid dienone is 5. The largest absolute Gasteiger partial charge is 0.378 e. The normalized spacial score (nSPS) is 12.3. The van der Waals surface area contributed by atoms with Crippen LogP contribution in [0.2, 0.25) is 0 Å². The summed E-state index contributed by atoms with van der Waals surface area (Å²) in [6, 6.07) is 44.5. The van der Waals surface area contributed by atoms with E-state index in [2.05, 4.69) is 221 Å². The molecule has 0 fully saturated rings. The van der Waals surface area contributed by atoms with Crippen molar-refractivity contribution in [1.29, 1.82) is 0 Å². The van der Waals surface area contributed by atoms with E-state index in [1.165, 1.54) is 78.8 Å². The zero-order valence-electron chi connectivity index (χ0n) is 30.6. The van der Waals surface area contributed by atoms with E-state index >= 15 is 0 Å². The van der Waals surface area contributed by atoms with Crippen LogP contribution in [-0.4, -0.2) is 66.7 Å². The van der Waals surface area contributed by atoms with Crippen molar-refractivity contribution in [2.24, 2.45) is 0 Å². The van der Waals surface area contributed by atoms with E-state index < -0.39 is 0 Å². The summed E-state index contributed by atoms with van der Waals surface area (Å²) in [4.78, 5) is 6.44. The Kier molecular flexibility index (Phi) is 10.2. The lowest BCUT2D eigenvalue weighted by Crippen LogP contribution is -2.11. The molecule has 0 heterocycles. The topological polar surface area (TPSA) is 12.7 Å². The molecule has 5 aromatic rings. The van der Waals surface area contributed by atoms with E-state index in [0.717, 1.165) is 0 Å². The Labute approximate surface area is 299 Å². The lowest BCUT2D eigenvalue weighted by Gasteiger charge is -2.25. The third kappa shape index (κ3) is 7.21. The van der Waals surface area contributed by atoms with Gasteiger partial charge in [-0.2, -0.15) is 0 Å². The van der Waals surface area contributed by atoms with Crippen molar-refractivity contribution in [1.82, 2.24) is 0 Å². The van der Waals surface area contributed by atoms with E-state index in [-0.39, 0.29) is 0 Å². The maximum Gasteiger partial charge on any atom is 0.199 e. The van der Waals surface area contributed by atoms with Gasteiger partial charge in [0.05, 0.1) is 5.92 Å². The highest BCUT2D eigenvalue weighted by Gasteiger charge is 2.24. The molecule has 0 aromatic heterocycles. The molecule has 0 aliphatic heterocycles. The van der Waals surface area contributed by atoms with Crippen molar-refractivity contribution in [3.63, 3.8) is 0 Å². The number of benzene rings is 5. The highest BCUT2D eigenvalue weighted by atomic mass is 15.1. The summed E-state index contributed by atoms with van der Waals surface area (Å²) >= 11 is 0. The second-order valence-corrected chi connectivity index (χ2v) is 13.6. The Bertz CT molecular complexity index is 2000. The zero-order valence-corrected chi connectivity index (χ0v) is 30.6. The van der Waals surface area contributed by atoms with Gasteiger partial charge in [-0.25, -0.2) is 4.58 Å². The van der Waals surface area contributed by atoms with Crippen molar-refractivity contribution < 1.29 is 4.58 Å². The maximum atomic E-state index is 2.28. The second kappa shape index (κ2) is 14.9. The molecule has 4 heteroatoms. The summed E-state index contributed by atoms with van der Waals surface area (Å²) in [5.74, 6) is 1.21. The van der Waals surface area contributed by atoms with E-state index in [9.17, 15) is 0 Å². The smallest absolute Gasteiger partial charge is 0.199 e. The molecular weight excluding hydrogens is 609 g/mol. The molecule has 0 unspecified atom stereocenters. The Balaban J connectivity index is 1.58. The van der Waals surface area contributed by atoms with Gasteiger partial charge in [0, 0.05) is 71.5 Å². The van der Waals surface area contributed by atoms with E-state index in [1.807, 2.05) is 0 Å². The number of anilines is 3. The predicted molar refractivity (Wildman–Crippen MR) is 216 cm³/mol. The molecule has 251 valence electrons. The van der Waals surface area contributed by atoms with Crippen LogP contribution in [0.15, 0.2) is 151 Å². The molecule has 0 saturated heterocycles. The molecule has 0 bridgehead atoms. The van der Waals surface area contributed by atoms with Gasteiger partial charge in [-0.05, 0) is 98.6 Å². The van der Waals surface area contributed by atoms with Crippen LogP contribution in [0.5, 0.6) is 0 Å². The molecule has 0 N–H and O–H groups in total. The minimum Gasteiger partial charge on any atom is -0.378 e. The van der Waals surface area contributed by atoms with Gasteiger partial charge >= 0.3 is 0 Å². The Morgan fingerprint density at radius 1 is 0.420 bits per heavy atom. The van der Waals surface area contributed by atoms with Crippen LogP contribution in [0, 0.1) is 5.92 Å². The molecule has 0 saturated carbocycles. The van der Waals surface area contributed by atoms with Crippen molar-refractivity contribution in [3.05, 3.63) is 185 Å². The first-order chi connectivity index (χ1) is 24.1. The zero-order chi connectivity index (χ0) is 35.4. The Morgan fingerprint density at radius 3 is 1.22 bits per heavy atom. The fraction of sp³-hybridized carbons (Fsp3) is 0.174. The van der Waals surface area contributed by atoms with Gasteiger partial charge in [0.1, 0.15) is 14.1 Å². The number of hydrogen-bond acceptors (Lipinski definition) is 3. The number of hydrogen-bond donors (Lipinski definition) is 0. The Hall–Kier alpha value is -5.61. The van der Waals surface area contributed by atoms with Gasteiger partial charge in [-0.15, -0.1) is 0 Å². The van der Waals surface area contributed by atoms with Gasteiger partial charge in [0.25, 0.3) is 0 Å². The molecule has 0 atom stereocenters. The molecular formula is C46H48N4+. The summed E-state index contributed by atoms with van der Waals surface area (Å²) in [6.07, 6.45) is 8.92. The first-order valence-electron chi connectivity index (χ1n) is 17.2. The van der Waals surface area contributed by atoms with Crippen LogP contribution in [0.4, 0.5) is 17.1 Å². The van der Waals surface area contributed by atoms with Crippen LogP contribution in [0.25, 0.3) is 16.7 Å². The van der Waals surface area contributed by atoms with Crippen LogP contribution >= 0.6 is 0 Å². The van der Waals surface area contributed by atoms with Crippen molar-refractivity contribution in [2.45, 2.75) is 0 Å². The van der Waals surface area contributed by atoms with Crippen LogP contribution in [-0.2, 0) is 0 Å². The number of rotatable bonds is 9.